The molecule has 0 unspecified atom stereocenters. The lowest BCUT2D eigenvalue weighted by Crippen LogP contribution is -2.22. The lowest BCUT2D eigenvalue weighted by molar-refractivity contribution is 1.09. The third-order valence-electron chi connectivity index (χ3n) is 3.25. The van der Waals surface area contributed by atoms with Crippen molar-refractivity contribution in [1.29, 1.82) is 0 Å². The Morgan fingerprint density at radius 1 is 1.15 bits per heavy atom. The third kappa shape index (κ3) is 3.84. The minimum atomic E-state index is 0.458. The van der Waals surface area contributed by atoms with Crippen molar-refractivity contribution in [2.24, 2.45) is 10.7 Å². The van der Waals surface area contributed by atoms with Crippen LogP contribution in [0.25, 0.3) is 0 Å². The van der Waals surface area contributed by atoms with Crippen LogP contribution in [0.4, 0.5) is 5.69 Å². The minimum absolute atomic E-state index is 0.458. The van der Waals surface area contributed by atoms with Crippen molar-refractivity contribution in [2.45, 2.75) is 33.7 Å². The molecular weight excluding hydrogens is 266 g/mol. The first-order chi connectivity index (χ1) is 9.58. The molecule has 2 aromatic rings. The van der Waals surface area contributed by atoms with E-state index in [4.69, 9.17) is 5.73 Å². The van der Waals surface area contributed by atoms with E-state index >= 15 is 0 Å². The summed E-state index contributed by atoms with van der Waals surface area (Å²) in [5, 5.41) is 3.13. The summed E-state index contributed by atoms with van der Waals surface area (Å²) in [5.74, 6) is 0.458. The molecule has 0 aliphatic carbocycles. The van der Waals surface area contributed by atoms with Gasteiger partial charge in [-0.05, 0) is 55.7 Å². The summed E-state index contributed by atoms with van der Waals surface area (Å²) >= 11 is 1.80. The van der Waals surface area contributed by atoms with Gasteiger partial charge in [0.1, 0.15) is 0 Å². The van der Waals surface area contributed by atoms with Crippen LogP contribution in [0.1, 0.15) is 27.8 Å². The van der Waals surface area contributed by atoms with Crippen LogP contribution in [-0.2, 0) is 13.0 Å². The topological polar surface area (TPSA) is 50.4 Å². The van der Waals surface area contributed by atoms with E-state index < -0.39 is 0 Å². The molecule has 3 N–H and O–H groups in total. The Morgan fingerprint density at radius 3 is 2.55 bits per heavy atom. The summed E-state index contributed by atoms with van der Waals surface area (Å²) in [5.41, 5.74) is 9.42. The normalized spacial score (nSPS) is 11.7. The molecule has 0 saturated heterocycles. The van der Waals surface area contributed by atoms with Gasteiger partial charge in [-0.25, -0.2) is 4.99 Å². The van der Waals surface area contributed by atoms with Crippen LogP contribution in [0.5, 0.6) is 0 Å². The summed E-state index contributed by atoms with van der Waals surface area (Å²) in [6, 6.07) is 10.5. The van der Waals surface area contributed by atoms with Crippen molar-refractivity contribution in [2.75, 3.05) is 5.32 Å². The Bertz CT molecular complexity index is 614. The maximum Gasteiger partial charge on any atom is 0.193 e. The first-order valence-electron chi connectivity index (χ1n) is 6.80. The molecule has 4 heteroatoms. The second-order valence-electron chi connectivity index (χ2n) is 4.85. The van der Waals surface area contributed by atoms with Gasteiger partial charge < -0.3 is 11.1 Å². The van der Waals surface area contributed by atoms with Gasteiger partial charge in [0.05, 0.1) is 6.54 Å². The van der Waals surface area contributed by atoms with Crippen LogP contribution >= 0.6 is 11.3 Å². The number of guanidine groups is 1. The highest BCUT2D eigenvalue weighted by Crippen LogP contribution is 2.18. The van der Waals surface area contributed by atoms with Gasteiger partial charge in [0, 0.05) is 15.4 Å². The van der Waals surface area contributed by atoms with Crippen molar-refractivity contribution in [3.8, 4) is 0 Å². The maximum atomic E-state index is 5.92. The molecule has 20 heavy (non-hydrogen) atoms. The molecule has 3 nitrogen and oxygen atoms in total. The fourth-order valence-electron chi connectivity index (χ4n) is 1.87. The maximum absolute atomic E-state index is 5.92. The van der Waals surface area contributed by atoms with Crippen LogP contribution in [0.2, 0.25) is 0 Å². The molecule has 0 bridgehead atoms. The van der Waals surface area contributed by atoms with Crippen LogP contribution in [-0.4, -0.2) is 5.96 Å². The molecule has 0 atom stereocenters. The van der Waals surface area contributed by atoms with E-state index in [1.807, 2.05) is 6.07 Å². The summed E-state index contributed by atoms with van der Waals surface area (Å²) in [4.78, 5) is 7.01. The van der Waals surface area contributed by atoms with Crippen molar-refractivity contribution in [3.05, 3.63) is 51.2 Å². The summed E-state index contributed by atoms with van der Waals surface area (Å²) in [6.07, 6.45) is 1.07. The SMILES string of the molecule is CCc1ccc(CN=C(N)Nc2ccc(C)c(C)c2)s1. The Kier molecular flexibility index (Phi) is 4.79. The summed E-state index contributed by atoms with van der Waals surface area (Å²) < 4.78 is 0. The van der Waals surface area contributed by atoms with E-state index in [0.29, 0.717) is 12.5 Å². The molecule has 0 amide bonds. The first-order valence-corrected chi connectivity index (χ1v) is 7.62. The number of thiophene rings is 1. The molecule has 1 aromatic carbocycles. The molecular formula is C16H21N3S. The zero-order valence-corrected chi connectivity index (χ0v) is 13.1. The van der Waals surface area contributed by atoms with Crippen LogP contribution in [0, 0.1) is 13.8 Å². The summed E-state index contributed by atoms with van der Waals surface area (Å²) in [6.45, 7) is 6.98. The van der Waals surface area contributed by atoms with Crippen LogP contribution < -0.4 is 11.1 Å². The first kappa shape index (κ1) is 14.6. The van der Waals surface area contributed by atoms with Crippen molar-refractivity contribution >= 4 is 23.0 Å². The largest absolute Gasteiger partial charge is 0.370 e. The van der Waals surface area contributed by atoms with E-state index in [-0.39, 0.29) is 0 Å². The van der Waals surface area contributed by atoms with Crippen molar-refractivity contribution < 1.29 is 0 Å². The van der Waals surface area contributed by atoms with Crippen LogP contribution in [0.15, 0.2) is 35.3 Å². The molecule has 106 valence electrons. The standard InChI is InChI=1S/C16H21N3S/c1-4-14-7-8-15(20-14)10-18-16(17)19-13-6-5-11(2)12(3)9-13/h5-9H,4,10H2,1-3H3,(H3,17,18,19). The molecule has 0 aliphatic heterocycles. The number of anilines is 1. The van der Waals surface area contributed by atoms with Gasteiger partial charge in [-0.15, -0.1) is 11.3 Å². The number of aryl methyl sites for hydroxylation is 3. The predicted octanol–water partition coefficient (Wildman–Crippen LogP) is 3.85. The van der Waals surface area contributed by atoms with E-state index in [1.165, 1.54) is 20.9 Å². The molecule has 1 aromatic heterocycles. The molecule has 2 rings (SSSR count). The van der Waals surface area contributed by atoms with E-state index in [1.54, 1.807) is 11.3 Å². The molecule has 1 heterocycles. The summed E-state index contributed by atoms with van der Waals surface area (Å²) in [7, 11) is 0. The van der Waals surface area contributed by atoms with Gasteiger partial charge in [0.15, 0.2) is 5.96 Å². The Labute approximate surface area is 124 Å². The Hall–Kier alpha value is -1.81. The zero-order valence-electron chi connectivity index (χ0n) is 12.2. The second-order valence-corrected chi connectivity index (χ2v) is 6.10. The van der Waals surface area contributed by atoms with Gasteiger partial charge in [-0.1, -0.05) is 13.0 Å². The highest BCUT2D eigenvalue weighted by molar-refractivity contribution is 7.11. The quantitative estimate of drug-likeness (QED) is 0.663. The number of hydrogen-bond donors (Lipinski definition) is 2. The zero-order chi connectivity index (χ0) is 14.5. The fraction of sp³-hybridized carbons (Fsp3) is 0.312. The average Bonchev–Trinajstić information content (AvgIpc) is 2.89. The van der Waals surface area contributed by atoms with Gasteiger partial charge >= 0.3 is 0 Å². The van der Waals surface area contributed by atoms with E-state index in [9.17, 15) is 0 Å². The third-order valence-corrected chi connectivity index (χ3v) is 4.46. The highest BCUT2D eigenvalue weighted by atomic mass is 32.1. The average molecular weight is 287 g/mol. The van der Waals surface area contributed by atoms with Gasteiger partial charge in [-0.2, -0.15) is 0 Å². The Morgan fingerprint density at radius 2 is 1.90 bits per heavy atom. The predicted molar refractivity (Wildman–Crippen MR) is 88.6 cm³/mol. The molecule has 0 spiro atoms. The molecule has 0 aliphatic rings. The minimum Gasteiger partial charge on any atom is -0.370 e. The number of nitrogens with zero attached hydrogens (tertiary/aromatic N) is 1. The molecule has 0 saturated carbocycles. The fourth-order valence-corrected chi connectivity index (χ4v) is 2.75. The van der Waals surface area contributed by atoms with Gasteiger partial charge in [0.2, 0.25) is 0 Å². The van der Waals surface area contributed by atoms with Crippen molar-refractivity contribution in [1.82, 2.24) is 0 Å². The molecule has 0 radical (unpaired) electrons. The monoisotopic (exact) mass is 287 g/mol. The lowest BCUT2D eigenvalue weighted by atomic mass is 10.1. The van der Waals surface area contributed by atoms with Gasteiger partial charge in [0.25, 0.3) is 0 Å². The smallest absolute Gasteiger partial charge is 0.193 e. The number of hydrogen-bond acceptors (Lipinski definition) is 2. The number of benzene rings is 1. The van der Waals surface area contributed by atoms with E-state index in [0.717, 1.165) is 12.1 Å². The van der Waals surface area contributed by atoms with Crippen LogP contribution in [0.3, 0.4) is 0 Å². The van der Waals surface area contributed by atoms with E-state index in [2.05, 4.69) is 55.3 Å². The lowest BCUT2D eigenvalue weighted by Gasteiger charge is -2.07. The van der Waals surface area contributed by atoms with Crippen molar-refractivity contribution in [3.63, 3.8) is 0 Å². The number of nitrogens with one attached hydrogen (secondary N) is 1. The van der Waals surface area contributed by atoms with Gasteiger partial charge in [-0.3, -0.25) is 0 Å². The number of aliphatic imine (C=N–C) groups is 1. The second kappa shape index (κ2) is 6.57. The molecule has 0 fully saturated rings. The Balaban J connectivity index is 1.98. The number of rotatable bonds is 4. The number of nitrogens with two attached hydrogens (primary N) is 1. The highest BCUT2D eigenvalue weighted by Gasteiger charge is 2.00.